The summed E-state index contributed by atoms with van der Waals surface area (Å²) in [5.74, 6) is 1.13. The Hall–Kier alpha value is -3.12. The highest BCUT2D eigenvalue weighted by Gasteiger charge is 2.33. The Bertz CT molecular complexity index is 1170. The smallest absolute Gasteiger partial charge is 0.254 e. The predicted molar refractivity (Wildman–Crippen MR) is 146 cm³/mol. The van der Waals surface area contributed by atoms with Crippen LogP contribution in [-0.2, 0) is 11.2 Å². The summed E-state index contributed by atoms with van der Waals surface area (Å²) >= 11 is 1.74. The van der Waals surface area contributed by atoms with E-state index in [1.165, 1.54) is 10.4 Å². The number of amides is 2. The molecule has 1 aromatic heterocycles. The number of carbonyl (C=O) groups excluding carboxylic acids is 2. The summed E-state index contributed by atoms with van der Waals surface area (Å²) < 4.78 is 6.20. The largest absolute Gasteiger partial charge is 0.491 e. The van der Waals surface area contributed by atoms with Crippen molar-refractivity contribution in [2.75, 3.05) is 26.2 Å². The van der Waals surface area contributed by atoms with E-state index < -0.39 is 0 Å². The molecule has 0 unspecified atom stereocenters. The van der Waals surface area contributed by atoms with Crippen LogP contribution in [0.5, 0.6) is 5.75 Å². The van der Waals surface area contributed by atoms with Crippen LogP contribution < -0.4 is 4.74 Å². The zero-order valence-corrected chi connectivity index (χ0v) is 22.5. The van der Waals surface area contributed by atoms with Gasteiger partial charge in [0.25, 0.3) is 5.91 Å². The second kappa shape index (κ2) is 11.7. The fraction of sp³-hybridized carbons (Fsp3) is 0.400. The number of benzene rings is 2. The van der Waals surface area contributed by atoms with Gasteiger partial charge in [0.1, 0.15) is 18.9 Å². The Morgan fingerprint density at radius 2 is 1.81 bits per heavy atom. The first kappa shape index (κ1) is 26.0. The quantitative estimate of drug-likeness (QED) is 0.347. The number of aryl methyl sites for hydroxylation is 1. The lowest BCUT2D eigenvalue weighted by molar-refractivity contribution is -0.135. The molecule has 0 aliphatic carbocycles. The van der Waals surface area contributed by atoms with Gasteiger partial charge in [0, 0.05) is 23.5 Å². The van der Waals surface area contributed by atoms with Gasteiger partial charge in [-0.15, -0.1) is 11.3 Å². The Labute approximate surface area is 218 Å². The summed E-state index contributed by atoms with van der Waals surface area (Å²) in [5, 5.41) is 2.09. The van der Waals surface area contributed by atoms with Crippen LogP contribution in [-0.4, -0.2) is 47.9 Å². The maximum Gasteiger partial charge on any atom is 0.254 e. The Balaban J connectivity index is 1.50. The van der Waals surface area contributed by atoms with E-state index >= 15 is 0 Å². The molecule has 5 nitrogen and oxygen atoms in total. The van der Waals surface area contributed by atoms with Gasteiger partial charge < -0.3 is 14.5 Å². The van der Waals surface area contributed by atoms with E-state index in [4.69, 9.17) is 4.74 Å². The van der Waals surface area contributed by atoms with Crippen LogP contribution in [0.25, 0.3) is 0 Å². The van der Waals surface area contributed by atoms with Gasteiger partial charge in [0.15, 0.2) is 0 Å². The zero-order chi connectivity index (χ0) is 25.7. The highest BCUT2D eigenvalue weighted by atomic mass is 32.1. The number of hydrogen-bond donors (Lipinski definition) is 0. The van der Waals surface area contributed by atoms with Gasteiger partial charge in [0.05, 0.1) is 6.04 Å². The molecule has 6 heteroatoms. The first-order chi connectivity index (χ1) is 17.4. The molecule has 1 aliphatic heterocycles. The van der Waals surface area contributed by atoms with Crippen LogP contribution in [0.3, 0.4) is 0 Å². The predicted octanol–water partition coefficient (Wildman–Crippen LogP) is 6.24. The van der Waals surface area contributed by atoms with Crippen LogP contribution in [0.2, 0.25) is 0 Å². The molecule has 0 saturated carbocycles. The lowest BCUT2D eigenvalue weighted by Gasteiger charge is -2.37. The highest BCUT2D eigenvalue weighted by Crippen LogP contribution is 2.34. The van der Waals surface area contributed by atoms with E-state index in [1.54, 1.807) is 16.2 Å². The third-order valence-electron chi connectivity index (χ3n) is 6.78. The lowest BCUT2D eigenvalue weighted by Crippen LogP contribution is -2.48. The van der Waals surface area contributed by atoms with Crippen LogP contribution in [0.1, 0.15) is 71.1 Å². The molecule has 190 valence electrons. The van der Waals surface area contributed by atoms with E-state index in [0.717, 1.165) is 29.7 Å². The molecule has 4 rings (SSSR count). The van der Waals surface area contributed by atoms with E-state index in [1.807, 2.05) is 55.1 Å². The third kappa shape index (κ3) is 5.98. The Kier molecular flexibility index (Phi) is 8.47. The minimum absolute atomic E-state index is 0.0375. The SMILES string of the molecule is CCCN(CC(=O)N1CCc2sccc2[C@H]1COc1ccc(C(C)C)cc1)C(=O)c1ccc(C)cc1. The summed E-state index contributed by atoms with van der Waals surface area (Å²) in [6.07, 6.45) is 1.62. The summed E-state index contributed by atoms with van der Waals surface area (Å²) in [5.41, 5.74) is 4.15. The summed E-state index contributed by atoms with van der Waals surface area (Å²) in [4.78, 5) is 31.7. The zero-order valence-electron chi connectivity index (χ0n) is 21.7. The van der Waals surface area contributed by atoms with E-state index in [2.05, 4.69) is 37.4 Å². The summed E-state index contributed by atoms with van der Waals surface area (Å²) in [6.45, 7) is 9.99. The number of hydrogen-bond acceptors (Lipinski definition) is 4. The van der Waals surface area contributed by atoms with Crippen molar-refractivity contribution in [2.45, 2.75) is 52.5 Å². The molecule has 1 atom stereocenters. The number of rotatable bonds is 9. The van der Waals surface area contributed by atoms with Crippen molar-refractivity contribution >= 4 is 23.2 Å². The molecular weight excluding hydrogens is 468 g/mol. The van der Waals surface area contributed by atoms with Crippen molar-refractivity contribution in [3.8, 4) is 5.75 Å². The van der Waals surface area contributed by atoms with Crippen LogP contribution in [0.15, 0.2) is 60.0 Å². The van der Waals surface area contributed by atoms with Crippen LogP contribution in [0, 0.1) is 6.92 Å². The highest BCUT2D eigenvalue weighted by molar-refractivity contribution is 7.10. The maximum atomic E-state index is 13.6. The van der Waals surface area contributed by atoms with Crippen molar-refractivity contribution in [3.05, 3.63) is 87.1 Å². The van der Waals surface area contributed by atoms with Crippen molar-refractivity contribution in [2.24, 2.45) is 0 Å². The maximum absolute atomic E-state index is 13.6. The van der Waals surface area contributed by atoms with Crippen molar-refractivity contribution in [3.63, 3.8) is 0 Å². The molecule has 0 spiro atoms. The Morgan fingerprint density at radius 1 is 1.08 bits per heavy atom. The third-order valence-corrected chi connectivity index (χ3v) is 7.77. The minimum atomic E-state index is -0.171. The molecule has 2 heterocycles. The molecular formula is C30H36N2O3S. The van der Waals surface area contributed by atoms with Gasteiger partial charge in [0.2, 0.25) is 5.91 Å². The van der Waals surface area contributed by atoms with Gasteiger partial charge in [-0.2, -0.15) is 0 Å². The van der Waals surface area contributed by atoms with Gasteiger partial charge in [-0.1, -0.05) is 50.6 Å². The molecule has 0 radical (unpaired) electrons. The fourth-order valence-corrected chi connectivity index (χ4v) is 5.58. The van der Waals surface area contributed by atoms with Crippen molar-refractivity contribution in [1.29, 1.82) is 0 Å². The minimum Gasteiger partial charge on any atom is -0.491 e. The average molecular weight is 505 g/mol. The van der Waals surface area contributed by atoms with Crippen molar-refractivity contribution in [1.82, 2.24) is 9.80 Å². The number of carbonyl (C=O) groups is 2. The molecule has 3 aromatic rings. The van der Waals surface area contributed by atoms with E-state index in [0.29, 0.717) is 31.2 Å². The molecule has 2 amide bonds. The van der Waals surface area contributed by atoms with Gasteiger partial charge in [-0.05, 0) is 72.5 Å². The van der Waals surface area contributed by atoms with E-state index in [-0.39, 0.29) is 24.4 Å². The van der Waals surface area contributed by atoms with Gasteiger partial charge >= 0.3 is 0 Å². The first-order valence-corrected chi connectivity index (χ1v) is 13.7. The molecule has 1 aliphatic rings. The molecule has 36 heavy (non-hydrogen) atoms. The molecule has 0 N–H and O–H groups in total. The Morgan fingerprint density at radius 3 is 2.47 bits per heavy atom. The van der Waals surface area contributed by atoms with Crippen molar-refractivity contribution < 1.29 is 14.3 Å². The summed E-state index contributed by atoms with van der Waals surface area (Å²) in [7, 11) is 0. The molecule has 0 fully saturated rings. The molecule has 0 bridgehead atoms. The number of fused-ring (bicyclic) bond motifs is 1. The van der Waals surface area contributed by atoms with Gasteiger partial charge in [-0.25, -0.2) is 0 Å². The topological polar surface area (TPSA) is 49.9 Å². The van der Waals surface area contributed by atoms with Crippen LogP contribution >= 0.6 is 11.3 Å². The number of thiophene rings is 1. The molecule has 0 saturated heterocycles. The van der Waals surface area contributed by atoms with Gasteiger partial charge in [-0.3, -0.25) is 9.59 Å². The average Bonchev–Trinajstić information content (AvgIpc) is 3.36. The second-order valence-electron chi connectivity index (χ2n) is 9.78. The normalized spacial score (nSPS) is 15.0. The van der Waals surface area contributed by atoms with E-state index in [9.17, 15) is 9.59 Å². The lowest BCUT2D eigenvalue weighted by atomic mass is 10.00. The number of ether oxygens (including phenoxy) is 1. The second-order valence-corrected chi connectivity index (χ2v) is 10.8. The fourth-order valence-electron chi connectivity index (χ4n) is 4.65. The van der Waals surface area contributed by atoms with Crippen LogP contribution in [0.4, 0.5) is 0 Å². The number of nitrogens with zero attached hydrogens (tertiary/aromatic N) is 2. The standard InChI is InChI=1S/C30H36N2O3S/c1-5-16-31(30(34)24-8-6-22(4)7-9-24)19-29(33)32-17-14-28-26(15-18-36-28)27(32)20-35-25-12-10-23(11-13-25)21(2)3/h6-13,15,18,21,27H,5,14,16-17,19-20H2,1-4H3/t27-/m1/s1. The summed E-state index contributed by atoms with van der Waals surface area (Å²) in [6, 6.07) is 17.7. The molecule has 2 aromatic carbocycles. The first-order valence-electron chi connectivity index (χ1n) is 12.8. The monoisotopic (exact) mass is 504 g/mol.